The molecule has 0 saturated carbocycles. The molecule has 0 radical (unpaired) electrons. The number of hydrogen-bond donors (Lipinski definition) is 2. The van der Waals surface area contributed by atoms with Crippen LogP contribution in [0.5, 0.6) is 0 Å². The Balaban J connectivity index is 2.99. The van der Waals surface area contributed by atoms with Gasteiger partial charge in [0.25, 0.3) is 0 Å². The zero-order chi connectivity index (χ0) is 11.5. The summed E-state index contributed by atoms with van der Waals surface area (Å²) in [6.45, 7) is -0.120. The molecule has 0 aromatic heterocycles. The van der Waals surface area contributed by atoms with Gasteiger partial charge in [-0.15, -0.1) is 0 Å². The summed E-state index contributed by atoms with van der Waals surface area (Å²) in [6, 6.07) is 3.07. The van der Waals surface area contributed by atoms with Crippen molar-refractivity contribution in [2.75, 3.05) is 17.0 Å². The number of para-hydroxylation sites is 1. The minimum absolute atomic E-state index is 0.120. The molecular weight excluding hydrogens is 226 g/mol. The maximum absolute atomic E-state index is 13.0. The highest BCUT2D eigenvalue weighted by Gasteiger charge is 2.15. The van der Waals surface area contributed by atoms with Gasteiger partial charge in [-0.3, -0.25) is 4.72 Å². The first-order chi connectivity index (χ1) is 6.96. The summed E-state index contributed by atoms with van der Waals surface area (Å²) in [5, 5.41) is 0. The highest BCUT2D eigenvalue weighted by Crippen LogP contribution is 2.19. The average Bonchev–Trinajstić information content (AvgIpc) is 2.11. The highest BCUT2D eigenvalue weighted by atomic mass is 32.2. The van der Waals surface area contributed by atoms with Gasteiger partial charge in [0.2, 0.25) is 10.0 Å². The van der Waals surface area contributed by atoms with Crippen LogP contribution in [0.15, 0.2) is 18.2 Å². The summed E-state index contributed by atoms with van der Waals surface area (Å²) in [5.41, 5.74) is 4.36. The number of hydrogen-bond acceptors (Lipinski definition) is 3. The van der Waals surface area contributed by atoms with E-state index in [1.54, 1.807) is 4.72 Å². The molecule has 84 valence electrons. The van der Waals surface area contributed by atoms with Gasteiger partial charge < -0.3 is 5.73 Å². The minimum atomic E-state index is -3.78. The second-order valence-electron chi connectivity index (χ2n) is 2.81. The molecule has 7 heteroatoms. The van der Waals surface area contributed by atoms with Crippen molar-refractivity contribution < 1.29 is 17.2 Å². The molecule has 4 nitrogen and oxygen atoms in total. The van der Waals surface area contributed by atoms with Crippen LogP contribution in [0.1, 0.15) is 0 Å². The Morgan fingerprint density at radius 2 is 1.80 bits per heavy atom. The lowest BCUT2D eigenvalue weighted by atomic mass is 10.3. The SMILES string of the molecule is NCCS(=O)(=O)Nc1c(F)cccc1F. The lowest BCUT2D eigenvalue weighted by molar-refractivity contribution is 0.583. The van der Waals surface area contributed by atoms with E-state index in [2.05, 4.69) is 0 Å². The van der Waals surface area contributed by atoms with Gasteiger partial charge >= 0.3 is 0 Å². The van der Waals surface area contributed by atoms with E-state index in [1.165, 1.54) is 0 Å². The molecule has 0 heterocycles. The number of benzene rings is 1. The fourth-order valence-electron chi connectivity index (χ4n) is 0.957. The molecule has 15 heavy (non-hydrogen) atoms. The van der Waals surface area contributed by atoms with Gasteiger partial charge in [0.1, 0.15) is 17.3 Å². The number of anilines is 1. The van der Waals surface area contributed by atoms with Gasteiger partial charge in [0, 0.05) is 6.54 Å². The van der Waals surface area contributed by atoms with E-state index in [9.17, 15) is 17.2 Å². The molecule has 0 amide bonds. The first-order valence-corrected chi connectivity index (χ1v) is 5.76. The molecule has 3 N–H and O–H groups in total. The fraction of sp³-hybridized carbons (Fsp3) is 0.250. The van der Waals surface area contributed by atoms with E-state index < -0.39 is 27.3 Å². The summed E-state index contributed by atoms with van der Waals surface area (Å²) >= 11 is 0. The van der Waals surface area contributed by atoms with Crippen LogP contribution in [-0.2, 0) is 10.0 Å². The second-order valence-corrected chi connectivity index (χ2v) is 4.65. The molecule has 0 bridgehead atoms. The third-order valence-corrected chi connectivity index (χ3v) is 2.90. The maximum atomic E-state index is 13.0. The molecule has 0 fully saturated rings. The fourth-order valence-corrected chi connectivity index (χ4v) is 1.88. The Kier molecular flexibility index (Phi) is 3.59. The molecule has 0 aliphatic carbocycles. The molecule has 1 aromatic rings. The van der Waals surface area contributed by atoms with E-state index in [0.717, 1.165) is 18.2 Å². The van der Waals surface area contributed by atoms with Crippen molar-refractivity contribution in [1.29, 1.82) is 0 Å². The first kappa shape index (κ1) is 11.9. The molecule has 0 saturated heterocycles. The lowest BCUT2D eigenvalue weighted by Crippen LogP contribution is -2.23. The normalized spacial score (nSPS) is 11.4. The van der Waals surface area contributed by atoms with Crippen molar-refractivity contribution >= 4 is 15.7 Å². The molecule has 1 rings (SSSR count). The van der Waals surface area contributed by atoms with Crippen molar-refractivity contribution in [3.05, 3.63) is 29.8 Å². The summed E-state index contributed by atoms with van der Waals surface area (Å²) in [7, 11) is -3.78. The van der Waals surface area contributed by atoms with Crippen molar-refractivity contribution in [3.63, 3.8) is 0 Å². The standard InChI is InChI=1S/C8H10F2N2O2S/c9-6-2-1-3-7(10)8(6)12-15(13,14)5-4-11/h1-3,12H,4-5,11H2. The van der Waals surface area contributed by atoms with E-state index in [1.807, 2.05) is 0 Å². The molecule has 0 aliphatic heterocycles. The van der Waals surface area contributed by atoms with Gasteiger partial charge in [0.15, 0.2) is 0 Å². The quantitative estimate of drug-likeness (QED) is 0.806. The average molecular weight is 236 g/mol. The molecule has 0 unspecified atom stereocenters. The zero-order valence-corrected chi connectivity index (χ0v) is 8.52. The van der Waals surface area contributed by atoms with Crippen molar-refractivity contribution in [2.45, 2.75) is 0 Å². The molecule has 0 atom stereocenters. The number of nitrogens with two attached hydrogens (primary N) is 1. The number of halogens is 2. The van der Waals surface area contributed by atoms with E-state index in [-0.39, 0.29) is 12.3 Å². The molecule has 0 spiro atoms. The van der Waals surface area contributed by atoms with Crippen LogP contribution in [0.3, 0.4) is 0 Å². The monoisotopic (exact) mass is 236 g/mol. The van der Waals surface area contributed by atoms with Gasteiger partial charge in [-0.2, -0.15) is 0 Å². The van der Waals surface area contributed by atoms with E-state index >= 15 is 0 Å². The van der Waals surface area contributed by atoms with Gasteiger partial charge in [-0.1, -0.05) is 6.07 Å². The van der Waals surface area contributed by atoms with E-state index in [4.69, 9.17) is 5.73 Å². The number of rotatable bonds is 4. The van der Waals surface area contributed by atoms with Gasteiger partial charge in [0.05, 0.1) is 5.75 Å². The van der Waals surface area contributed by atoms with Crippen LogP contribution < -0.4 is 10.5 Å². The smallest absolute Gasteiger partial charge is 0.234 e. The molecule has 0 aliphatic rings. The van der Waals surface area contributed by atoms with E-state index in [0.29, 0.717) is 0 Å². The van der Waals surface area contributed by atoms with Crippen LogP contribution >= 0.6 is 0 Å². The van der Waals surface area contributed by atoms with Crippen LogP contribution in [-0.4, -0.2) is 20.7 Å². The summed E-state index contributed by atoms with van der Waals surface area (Å²) in [4.78, 5) is 0. The largest absolute Gasteiger partial charge is 0.329 e. The topological polar surface area (TPSA) is 72.2 Å². The minimum Gasteiger partial charge on any atom is -0.329 e. The Hall–Kier alpha value is -1.21. The highest BCUT2D eigenvalue weighted by molar-refractivity contribution is 7.92. The molecule has 1 aromatic carbocycles. The molecular formula is C8H10F2N2O2S. The Morgan fingerprint density at radius 1 is 1.27 bits per heavy atom. The van der Waals surface area contributed by atoms with Crippen LogP contribution in [0.2, 0.25) is 0 Å². The summed E-state index contributed by atoms with van der Waals surface area (Å²) in [6.07, 6.45) is 0. The number of sulfonamides is 1. The third-order valence-electron chi connectivity index (χ3n) is 1.61. The second kappa shape index (κ2) is 4.54. The van der Waals surface area contributed by atoms with Gasteiger partial charge in [-0.25, -0.2) is 17.2 Å². The Bertz CT molecular complexity index is 428. The van der Waals surface area contributed by atoms with Crippen LogP contribution in [0.25, 0.3) is 0 Å². The van der Waals surface area contributed by atoms with Gasteiger partial charge in [-0.05, 0) is 12.1 Å². The maximum Gasteiger partial charge on any atom is 0.234 e. The lowest BCUT2D eigenvalue weighted by Gasteiger charge is -2.08. The van der Waals surface area contributed by atoms with Crippen molar-refractivity contribution in [3.8, 4) is 0 Å². The van der Waals surface area contributed by atoms with Crippen LogP contribution in [0.4, 0.5) is 14.5 Å². The first-order valence-electron chi connectivity index (χ1n) is 4.11. The summed E-state index contributed by atoms with van der Waals surface area (Å²) in [5.74, 6) is -2.31. The number of nitrogens with one attached hydrogen (secondary N) is 1. The van der Waals surface area contributed by atoms with Crippen molar-refractivity contribution in [2.24, 2.45) is 5.73 Å². The predicted molar refractivity (Wildman–Crippen MR) is 52.8 cm³/mol. The third kappa shape index (κ3) is 3.14. The van der Waals surface area contributed by atoms with Crippen molar-refractivity contribution in [1.82, 2.24) is 0 Å². The Labute approximate surface area is 86.1 Å². The van der Waals surface area contributed by atoms with Crippen LogP contribution in [0, 0.1) is 11.6 Å². The predicted octanol–water partition coefficient (Wildman–Crippen LogP) is 0.665. The summed E-state index contributed by atoms with van der Waals surface area (Å²) < 4.78 is 50.2. The zero-order valence-electron chi connectivity index (χ0n) is 7.70. The Morgan fingerprint density at radius 3 is 2.27 bits per heavy atom.